The third-order valence-corrected chi connectivity index (χ3v) is 3.87. The van der Waals surface area contributed by atoms with E-state index in [-0.39, 0.29) is 5.91 Å². The first kappa shape index (κ1) is 16.0. The quantitative estimate of drug-likeness (QED) is 0.749. The summed E-state index contributed by atoms with van der Waals surface area (Å²) in [6.45, 7) is 3.38. The van der Waals surface area contributed by atoms with Crippen molar-refractivity contribution >= 4 is 34.2 Å². The van der Waals surface area contributed by atoms with Crippen LogP contribution in [0, 0.1) is 10.5 Å². The monoisotopic (exact) mass is 395 g/mol. The maximum atomic E-state index is 12.0. The number of likely N-dealkylation sites (N-methyl/N-ethyl adjacent to an activating group) is 1. The molecule has 21 heavy (non-hydrogen) atoms. The van der Waals surface area contributed by atoms with Gasteiger partial charge < -0.3 is 10.2 Å². The van der Waals surface area contributed by atoms with Crippen molar-refractivity contribution in [3.05, 3.63) is 63.2 Å². The molecule has 110 valence electrons. The van der Waals surface area contributed by atoms with Crippen molar-refractivity contribution < 1.29 is 9.69 Å². The van der Waals surface area contributed by atoms with Gasteiger partial charge in [0.05, 0.1) is 7.05 Å². The molecule has 2 rings (SSSR count). The molecule has 0 aromatic heterocycles. The molecular weight excluding hydrogens is 375 g/mol. The van der Waals surface area contributed by atoms with Crippen LogP contribution in [-0.4, -0.2) is 19.5 Å². The van der Waals surface area contributed by atoms with Crippen LogP contribution in [0.4, 0.5) is 5.69 Å². The fraction of sp³-hybridized carbons (Fsp3) is 0.235. The Balaban J connectivity index is 1.86. The van der Waals surface area contributed by atoms with Gasteiger partial charge in [0.25, 0.3) is 5.91 Å². The molecule has 1 amide bonds. The van der Waals surface area contributed by atoms with Crippen molar-refractivity contribution in [2.75, 3.05) is 18.9 Å². The Kier molecular flexibility index (Phi) is 5.76. The number of anilines is 1. The summed E-state index contributed by atoms with van der Waals surface area (Å²) in [6.07, 6.45) is 0. The molecule has 0 heterocycles. The highest BCUT2D eigenvalue weighted by Gasteiger charge is 2.10. The molecule has 0 aliphatic carbocycles. The molecule has 2 aromatic carbocycles. The van der Waals surface area contributed by atoms with Gasteiger partial charge in [-0.25, -0.2) is 0 Å². The molecule has 0 bridgehead atoms. The van der Waals surface area contributed by atoms with Crippen molar-refractivity contribution in [1.29, 1.82) is 0 Å². The number of nitrogens with one attached hydrogen (secondary N) is 2. The lowest BCUT2D eigenvalue weighted by Gasteiger charge is -2.14. The number of quaternary nitrogens is 1. The van der Waals surface area contributed by atoms with Crippen LogP contribution in [0.15, 0.2) is 48.5 Å². The van der Waals surface area contributed by atoms with E-state index in [0.717, 1.165) is 15.8 Å². The third kappa shape index (κ3) is 5.47. The van der Waals surface area contributed by atoms with Gasteiger partial charge in [0, 0.05) is 14.8 Å². The van der Waals surface area contributed by atoms with Crippen molar-refractivity contribution in [3.63, 3.8) is 0 Å². The Hall–Kier alpha value is -1.40. The Morgan fingerprint density at radius 1 is 1.19 bits per heavy atom. The van der Waals surface area contributed by atoms with Gasteiger partial charge in [-0.05, 0) is 47.7 Å². The van der Waals surface area contributed by atoms with E-state index in [2.05, 4.69) is 59.1 Å². The van der Waals surface area contributed by atoms with Crippen LogP contribution in [0.1, 0.15) is 11.1 Å². The highest BCUT2D eigenvalue weighted by molar-refractivity contribution is 14.1. The van der Waals surface area contributed by atoms with Crippen LogP contribution in [0.2, 0.25) is 0 Å². The zero-order chi connectivity index (χ0) is 15.2. The normalized spacial score (nSPS) is 12.0. The van der Waals surface area contributed by atoms with Gasteiger partial charge in [-0.2, -0.15) is 0 Å². The summed E-state index contributed by atoms with van der Waals surface area (Å²) in [6, 6.07) is 16.3. The lowest BCUT2D eigenvalue weighted by Crippen LogP contribution is -3.08. The highest BCUT2D eigenvalue weighted by Crippen LogP contribution is 2.11. The molecule has 1 atom stereocenters. The predicted molar refractivity (Wildman–Crippen MR) is 94.4 cm³/mol. The second kappa shape index (κ2) is 7.56. The summed E-state index contributed by atoms with van der Waals surface area (Å²) in [4.78, 5) is 13.2. The van der Waals surface area contributed by atoms with Gasteiger partial charge in [0.15, 0.2) is 6.54 Å². The molecule has 0 spiro atoms. The number of amides is 1. The average Bonchev–Trinajstić information content (AvgIpc) is 2.41. The summed E-state index contributed by atoms with van der Waals surface area (Å²) in [5.74, 6) is 0.0432. The van der Waals surface area contributed by atoms with Gasteiger partial charge in [-0.15, -0.1) is 0 Å². The summed E-state index contributed by atoms with van der Waals surface area (Å²) >= 11 is 2.24. The Morgan fingerprint density at radius 3 is 2.57 bits per heavy atom. The van der Waals surface area contributed by atoms with Gasteiger partial charge in [0.1, 0.15) is 6.54 Å². The van der Waals surface area contributed by atoms with E-state index in [4.69, 9.17) is 0 Å². The van der Waals surface area contributed by atoms with E-state index in [9.17, 15) is 4.79 Å². The molecule has 0 saturated heterocycles. The first-order chi connectivity index (χ1) is 10.0. The largest absolute Gasteiger partial charge is 0.326 e. The minimum atomic E-state index is 0.0432. The predicted octanol–water partition coefficient (Wildman–Crippen LogP) is 2.25. The van der Waals surface area contributed by atoms with E-state index in [0.29, 0.717) is 6.54 Å². The van der Waals surface area contributed by atoms with Crippen molar-refractivity contribution in [1.82, 2.24) is 0 Å². The number of hydrogen-bond donors (Lipinski definition) is 2. The molecule has 0 radical (unpaired) electrons. The summed E-state index contributed by atoms with van der Waals surface area (Å²) in [5, 5.41) is 2.94. The maximum absolute atomic E-state index is 12.0. The fourth-order valence-corrected chi connectivity index (χ4v) is 2.71. The van der Waals surface area contributed by atoms with Crippen LogP contribution < -0.4 is 10.2 Å². The van der Waals surface area contributed by atoms with E-state index in [1.54, 1.807) is 0 Å². The summed E-state index contributed by atoms with van der Waals surface area (Å²) in [5.41, 5.74) is 3.36. The zero-order valence-electron chi connectivity index (χ0n) is 12.3. The zero-order valence-corrected chi connectivity index (χ0v) is 14.5. The van der Waals surface area contributed by atoms with Crippen LogP contribution in [-0.2, 0) is 11.3 Å². The van der Waals surface area contributed by atoms with E-state index in [1.165, 1.54) is 16.0 Å². The van der Waals surface area contributed by atoms with Crippen molar-refractivity contribution in [2.45, 2.75) is 13.5 Å². The van der Waals surface area contributed by atoms with Gasteiger partial charge in [-0.1, -0.05) is 35.9 Å². The molecule has 2 N–H and O–H groups in total. The maximum Gasteiger partial charge on any atom is 0.279 e. The standard InChI is InChI=1S/C17H19IN2O/c1-13-6-8-14(9-7-13)11-20(2)12-17(21)19-16-5-3-4-15(18)10-16/h3-10H,11-12H2,1-2H3,(H,19,21)/p+1. The first-order valence-corrected chi connectivity index (χ1v) is 8.03. The number of benzene rings is 2. The molecule has 3 nitrogen and oxygen atoms in total. The van der Waals surface area contributed by atoms with Gasteiger partial charge in [0.2, 0.25) is 0 Å². The lowest BCUT2D eigenvalue weighted by molar-refractivity contribution is -0.885. The number of aryl methyl sites for hydroxylation is 1. The molecule has 0 saturated carbocycles. The van der Waals surface area contributed by atoms with Crippen molar-refractivity contribution in [2.24, 2.45) is 0 Å². The molecule has 0 fully saturated rings. The Labute approximate surface area is 139 Å². The summed E-state index contributed by atoms with van der Waals surface area (Å²) in [7, 11) is 2.04. The third-order valence-electron chi connectivity index (χ3n) is 3.20. The molecular formula is C17H20IN2O+. The Morgan fingerprint density at radius 2 is 1.90 bits per heavy atom. The highest BCUT2D eigenvalue weighted by atomic mass is 127. The number of carbonyl (C=O) groups excluding carboxylic acids is 1. The SMILES string of the molecule is Cc1ccc(C[NH+](C)CC(=O)Nc2cccc(I)c2)cc1. The Bertz CT molecular complexity index is 610. The number of hydrogen-bond acceptors (Lipinski definition) is 1. The molecule has 2 aromatic rings. The topological polar surface area (TPSA) is 33.5 Å². The lowest BCUT2D eigenvalue weighted by atomic mass is 10.1. The smallest absolute Gasteiger partial charge is 0.279 e. The number of halogens is 1. The molecule has 0 aliphatic heterocycles. The van der Waals surface area contributed by atoms with Gasteiger partial charge in [-0.3, -0.25) is 4.79 Å². The fourth-order valence-electron chi connectivity index (χ4n) is 2.16. The van der Waals surface area contributed by atoms with E-state index < -0.39 is 0 Å². The van der Waals surface area contributed by atoms with Crippen LogP contribution >= 0.6 is 22.6 Å². The summed E-state index contributed by atoms with van der Waals surface area (Å²) < 4.78 is 1.12. The van der Waals surface area contributed by atoms with Crippen LogP contribution in [0.3, 0.4) is 0 Å². The van der Waals surface area contributed by atoms with Gasteiger partial charge >= 0.3 is 0 Å². The average molecular weight is 395 g/mol. The molecule has 1 unspecified atom stereocenters. The van der Waals surface area contributed by atoms with Crippen LogP contribution in [0.5, 0.6) is 0 Å². The second-order valence-electron chi connectivity index (χ2n) is 5.35. The molecule has 4 heteroatoms. The number of carbonyl (C=O) groups is 1. The number of rotatable bonds is 5. The van der Waals surface area contributed by atoms with E-state index >= 15 is 0 Å². The van der Waals surface area contributed by atoms with E-state index in [1.807, 2.05) is 31.3 Å². The second-order valence-corrected chi connectivity index (χ2v) is 6.60. The minimum absolute atomic E-state index is 0.0432. The first-order valence-electron chi connectivity index (χ1n) is 6.95. The minimum Gasteiger partial charge on any atom is -0.326 e. The van der Waals surface area contributed by atoms with Crippen molar-refractivity contribution in [3.8, 4) is 0 Å². The molecule has 0 aliphatic rings. The van der Waals surface area contributed by atoms with Crippen LogP contribution in [0.25, 0.3) is 0 Å².